The lowest BCUT2D eigenvalue weighted by atomic mass is 9.73. The fraction of sp³-hybridized carbons (Fsp3) is 0.333. The normalized spacial score (nSPS) is 18.1. The third-order valence-corrected chi connectivity index (χ3v) is 8.48. The van der Waals surface area contributed by atoms with Crippen molar-refractivity contribution in [1.29, 1.82) is 0 Å². The van der Waals surface area contributed by atoms with Gasteiger partial charge in [0.2, 0.25) is 0 Å². The molecule has 7 nitrogen and oxygen atoms in total. The number of aromatic nitrogens is 3. The van der Waals surface area contributed by atoms with Crippen LogP contribution in [0.3, 0.4) is 0 Å². The summed E-state index contributed by atoms with van der Waals surface area (Å²) in [6.07, 6.45) is 7.68. The molecule has 1 saturated carbocycles. The molecule has 3 aliphatic rings. The summed E-state index contributed by atoms with van der Waals surface area (Å²) in [6.45, 7) is 2.31. The molecule has 2 aromatic heterocycles. The van der Waals surface area contributed by atoms with Crippen LogP contribution in [0.5, 0.6) is 11.5 Å². The molecule has 1 spiro atoms. The van der Waals surface area contributed by atoms with Gasteiger partial charge in [-0.3, -0.25) is 4.79 Å². The van der Waals surface area contributed by atoms with Crippen molar-refractivity contribution in [3.8, 4) is 22.2 Å². The number of benzene rings is 2. The van der Waals surface area contributed by atoms with E-state index in [1.165, 1.54) is 16.9 Å². The van der Waals surface area contributed by atoms with E-state index < -0.39 is 0 Å². The fourth-order valence-electron chi connectivity index (χ4n) is 5.86. The summed E-state index contributed by atoms with van der Waals surface area (Å²) >= 11 is 1.54. The van der Waals surface area contributed by atoms with E-state index in [9.17, 15) is 4.79 Å². The van der Waals surface area contributed by atoms with Gasteiger partial charge in [0.25, 0.3) is 5.91 Å². The largest absolute Gasteiger partial charge is 0.486 e. The summed E-state index contributed by atoms with van der Waals surface area (Å²) in [5.74, 6) is 1.50. The van der Waals surface area contributed by atoms with Crippen molar-refractivity contribution in [3.63, 3.8) is 0 Å². The molecule has 0 unspecified atom stereocenters. The lowest BCUT2D eigenvalue weighted by molar-refractivity contribution is 0.0663. The zero-order chi connectivity index (χ0) is 23.4. The first-order valence-corrected chi connectivity index (χ1v) is 12.9. The molecule has 2 aromatic carbocycles. The first-order chi connectivity index (χ1) is 17.2. The number of thiazole rings is 1. The van der Waals surface area contributed by atoms with Gasteiger partial charge < -0.3 is 14.4 Å². The second kappa shape index (κ2) is 8.02. The van der Waals surface area contributed by atoms with Crippen LogP contribution in [-0.2, 0) is 12.0 Å². The molecule has 8 heteroatoms. The summed E-state index contributed by atoms with van der Waals surface area (Å²) in [4.78, 5) is 29.7. The van der Waals surface area contributed by atoms with Crippen LogP contribution >= 0.6 is 11.3 Å². The van der Waals surface area contributed by atoms with Crippen LogP contribution in [0.4, 0.5) is 0 Å². The Hall–Kier alpha value is -3.52. The van der Waals surface area contributed by atoms with E-state index in [1.54, 1.807) is 12.4 Å². The van der Waals surface area contributed by atoms with E-state index in [0.29, 0.717) is 37.7 Å². The number of rotatable bonds is 2. The highest BCUT2D eigenvalue weighted by Gasteiger charge is 2.44. The first kappa shape index (κ1) is 20.8. The predicted octanol–water partition coefficient (Wildman–Crippen LogP) is 4.99. The Morgan fingerprint density at radius 2 is 1.77 bits per heavy atom. The maximum absolute atomic E-state index is 14.0. The van der Waals surface area contributed by atoms with Gasteiger partial charge in [-0.25, -0.2) is 15.0 Å². The van der Waals surface area contributed by atoms with Crippen LogP contribution in [0.2, 0.25) is 0 Å². The lowest BCUT2D eigenvalue weighted by Gasteiger charge is -2.42. The molecule has 1 fully saturated rings. The molecule has 4 heterocycles. The van der Waals surface area contributed by atoms with Crippen LogP contribution in [0.25, 0.3) is 20.9 Å². The number of hydrogen-bond acceptors (Lipinski definition) is 7. The predicted molar refractivity (Wildman–Crippen MR) is 133 cm³/mol. The van der Waals surface area contributed by atoms with Gasteiger partial charge >= 0.3 is 0 Å². The van der Waals surface area contributed by atoms with Crippen molar-refractivity contribution in [2.45, 2.75) is 37.6 Å². The van der Waals surface area contributed by atoms with Crippen molar-refractivity contribution in [2.75, 3.05) is 19.8 Å². The number of amides is 1. The van der Waals surface area contributed by atoms with Crippen molar-refractivity contribution in [1.82, 2.24) is 19.9 Å². The van der Waals surface area contributed by atoms with Crippen LogP contribution in [0, 0.1) is 0 Å². The average Bonchev–Trinajstić information content (AvgIpc) is 3.55. The second-order valence-corrected chi connectivity index (χ2v) is 10.6. The molecule has 1 amide bonds. The van der Waals surface area contributed by atoms with E-state index in [0.717, 1.165) is 58.0 Å². The molecule has 0 N–H and O–H groups in total. The zero-order valence-corrected chi connectivity index (χ0v) is 20.0. The van der Waals surface area contributed by atoms with Gasteiger partial charge in [0.05, 0.1) is 10.2 Å². The molecular formula is C27H24N4O3S. The van der Waals surface area contributed by atoms with E-state index in [2.05, 4.69) is 22.1 Å². The molecule has 2 aliphatic heterocycles. The average molecular weight is 485 g/mol. The molecule has 0 radical (unpaired) electrons. The Balaban J connectivity index is 1.29. The minimum atomic E-state index is -0.0980. The van der Waals surface area contributed by atoms with Crippen molar-refractivity contribution < 1.29 is 14.3 Å². The molecule has 35 heavy (non-hydrogen) atoms. The van der Waals surface area contributed by atoms with E-state index >= 15 is 0 Å². The molecule has 4 aromatic rings. The molecule has 0 saturated heterocycles. The van der Waals surface area contributed by atoms with E-state index in [4.69, 9.17) is 14.5 Å². The molecule has 176 valence electrons. The number of hydrogen-bond donors (Lipinski definition) is 0. The summed E-state index contributed by atoms with van der Waals surface area (Å²) in [5.41, 5.74) is 4.21. The van der Waals surface area contributed by atoms with Gasteiger partial charge in [-0.1, -0.05) is 25.0 Å². The topological polar surface area (TPSA) is 77.4 Å². The van der Waals surface area contributed by atoms with Crippen molar-refractivity contribution in [3.05, 3.63) is 65.6 Å². The lowest BCUT2D eigenvalue weighted by Crippen LogP contribution is -2.47. The minimum absolute atomic E-state index is 0.0582. The van der Waals surface area contributed by atoms with Crippen molar-refractivity contribution in [2.24, 2.45) is 0 Å². The minimum Gasteiger partial charge on any atom is -0.486 e. The maximum Gasteiger partial charge on any atom is 0.275 e. The van der Waals surface area contributed by atoms with Gasteiger partial charge in [0.15, 0.2) is 17.2 Å². The molecular weight excluding hydrogens is 460 g/mol. The number of para-hydroxylation sites is 1. The summed E-state index contributed by atoms with van der Waals surface area (Å²) in [5, 5.41) is 0.718. The van der Waals surface area contributed by atoms with Crippen LogP contribution < -0.4 is 9.47 Å². The molecule has 0 bridgehead atoms. The van der Waals surface area contributed by atoms with E-state index in [-0.39, 0.29) is 11.3 Å². The van der Waals surface area contributed by atoms with E-state index in [1.807, 2.05) is 29.2 Å². The SMILES string of the molecule is O=C(c1nccnc1-c1nc2ccccc2s1)N1Cc2cc3c(cc2C2(CCCC2)C1)OCCO3. The Bertz CT molecular complexity index is 1430. The van der Waals surface area contributed by atoms with Gasteiger partial charge in [-0.05, 0) is 48.2 Å². The highest BCUT2D eigenvalue weighted by atomic mass is 32.1. The number of fused-ring (bicyclic) bond motifs is 4. The number of ether oxygens (including phenoxy) is 2. The van der Waals surface area contributed by atoms with Crippen molar-refractivity contribution >= 4 is 27.5 Å². The summed E-state index contributed by atoms with van der Waals surface area (Å²) in [7, 11) is 0. The molecule has 1 aliphatic carbocycles. The zero-order valence-electron chi connectivity index (χ0n) is 19.2. The number of nitrogens with zero attached hydrogens (tertiary/aromatic N) is 4. The monoisotopic (exact) mass is 484 g/mol. The molecule has 0 atom stereocenters. The highest BCUT2D eigenvalue weighted by molar-refractivity contribution is 7.21. The fourth-order valence-corrected chi connectivity index (χ4v) is 6.83. The third-order valence-electron chi connectivity index (χ3n) is 7.44. The highest BCUT2D eigenvalue weighted by Crippen LogP contribution is 2.49. The number of carbonyl (C=O) groups is 1. The Morgan fingerprint density at radius 1 is 1.00 bits per heavy atom. The smallest absolute Gasteiger partial charge is 0.275 e. The van der Waals surface area contributed by atoms with Crippen LogP contribution in [0.15, 0.2) is 48.8 Å². The quantitative estimate of drug-likeness (QED) is 0.399. The standard InChI is InChI=1S/C27H24N4O3S/c32-26(24-23(28-9-10-29-24)25-30-19-5-1-2-6-22(19)35-25)31-15-17-13-20-21(34-12-11-33-20)14-18(17)27(16-31)7-3-4-8-27/h1-2,5-6,9-10,13-14H,3-4,7-8,11-12,15-16H2. The van der Waals surface area contributed by atoms with Gasteiger partial charge in [0, 0.05) is 30.9 Å². The summed E-state index contributed by atoms with van der Waals surface area (Å²) in [6, 6.07) is 12.2. The van der Waals surface area contributed by atoms with Gasteiger partial charge in [-0.2, -0.15) is 0 Å². The molecule has 7 rings (SSSR count). The third kappa shape index (κ3) is 3.38. The van der Waals surface area contributed by atoms with Gasteiger partial charge in [0.1, 0.15) is 23.9 Å². The first-order valence-electron chi connectivity index (χ1n) is 12.1. The number of carbonyl (C=O) groups excluding carboxylic acids is 1. The van der Waals surface area contributed by atoms with Gasteiger partial charge in [-0.15, -0.1) is 11.3 Å². The summed E-state index contributed by atoms with van der Waals surface area (Å²) < 4.78 is 12.8. The van der Waals surface area contributed by atoms with Crippen LogP contribution in [0.1, 0.15) is 47.3 Å². The Kier molecular flexibility index (Phi) is 4.77. The van der Waals surface area contributed by atoms with Crippen LogP contribution in [-0.4, -0.2) is 45.5 Å². The Labute approximate surface area is 206 Å². The Morgan fingerprint density at radius 3 is 2.60 bits per heavy atom. The maximum atomic E-state index is 14.0. The second-order valence-electron chi connectivity index (χ2n) is 9.54.